The van der Waals surface area contributed by atoms with Crippen LogP contribution in [0.2, 0.25) is 5.02 Å². The number of hydrogen-bond donors (Lipinski definition) is 2. The Kier molecular flexibility index (Phi) is 9.37. The minimum absolute atomic E-state index is 0.0920. The first-order valence-electron chi connectivity index (χ1n) is 10.8. The average Bonchev–Trinajstić information content (AvgIpc) is 2.86. The number of anilines is 1. The van der Waals surface area contributed by atoms with Crippen molar-refractivity contribution in [2.75, 3.05) is 11.9 Å². The standard InChI is InChI=1S/C26H22ClFN4O4/c1-2-35-24-14-18(8-11-23(24)36-16-20-21(27)4-3-5-22(20)28)15-30-32-26(34)25(33)31-19-9-6-17(7-10-19)12-13-29/h3-11,14-15H,2,12,16H2,1H3,(H,31,33)(H,32,34)/b30-15+. The second kappa shape index (κ2) is 12.9. The number of halogens is 2. The highest BCUT2D eigenvalue weighted by Crippen LogP contribution is 2.30. The topological polar surface area (TPSA) is 113 Å². The van der Waals surface area contributed by atoms with Crippen molar-refractivity contribution in [1.82, 2.24) is 5.43 Å². The average molecular weight is 509 g/mol. The lowest BCUT2D eigenvalue weighted by atomic mass is 10.1. The minimum atomic E-state index is -0.959. The Morgan fingerprint density at radius 2 is 1.86 bits per heavy atom. The predicted molar refractivity (Wildman–Crippen MR) is 133 cm³/mol. The highest BCUT2D eigenvalue weighted by atomic mass is 35.5. The van der Waals surface area contributed by atoms with Gasteiger partial charge in [0.1, 0.15) is 12.4 Å². The van der Waals surface area contributed by atoms with E-state index in [4.69, 9.17) is 26.3 Å². The molecule has 0 fully saturated rings. The number of rotatable bonds is 9. The Morgan fingerprint density at radius 3 is 2.56 bits per heavy atom. The van der Waals surface area contributed by atoms with E-state index >= 15 is 0 Å². The van der Waals surface area contributed by atoms with E-state index in [-0.39, 0.29) is 23.6 Å². The van der Waals surface area contributed by atoms with Gasteiger partial charge in [-0.05, 0) is 60.5 Å². The highest BCUT2D eigenvalue weighted by molar-refractivity contribution is 6.39. The summed E-state index contributed by atoms with van der Waals surface area (Å²) in [7, 11) is 0. The number of ether oxygens (including phenoxy) is 2. The van der Waals surface area contributed by atoms with Crippen LogP contribution in [0.25, 0.3) is 0 Å². The first-order chi connectivity index (χ1) is 17.4. The molecule has 0 bridgehead atoms. The van der Waals surface area contributed by atoms with Crippen molar-refractivity contribution in [1.29, 1.82) is 5.26 Å². The maximum Gasteiger partial charge on any atom is 0.329 e. The van der Waals surface area contributed by atoms with Crippen LogP contribution in [0.3, 0.4) is 0 Å². The van der Waals surface area contributed by atoms with Crippen LogP contribution >= 0.6 is 11.6 Å². The Bertz CT molecular complexity index is 1290. The van der Waals surface area contributed by atoms with E-state index in [0.717, 1.165) is 5.56 Å². The molecule has 3 aromatic rings. The van der Waals surface area contributed by atoms with Crippen molar-refractivity contribution < 1.29 is 23.5 Å². The molecule has 2 amide bonds. The fourth-order valence-electron chi connectivity index (χ4n) is 3.01. The molecule has 10 heteroatoms. The van der Waals surface area contributed by atoms with Gasteiger partial charge in [-0.1, -0.05) is 29.8 Å². The summed E-state index contributed by atoms with van der Waals surface area (Å²) in [5, 5.41) is 15.2. The maximum absolute atomic E-state index is 14.0. The van der Waals surface area contributed by atoms with Gasteiger partial charge < -0.3 is 14.8 Å². The molecule has 0 heterocycles. The van der Waals surface area contributed by atoms with Gasteiger partial charge in [0.25, 0.3) is 0 Å². The SMILES string of the molecule is CCOc1cc(/C=N/NC(=O)C(=O)Nc2ccc(CC#N)cc2)ccc1OCc1c(F)cccc1Cl. The van der Waals surface area contributed by atoms with E-state index in [1.165, 1.54) is 18.3 Å². The van der Waals surface area contributed by atoms with Gasteiger partial charge in [-0.3, -0.25) is 9.59 Å². The number of nitrogens with one attached hydrogen (secondary N) is 2. The van der Waals surface area contributed by atoms with Gasteiger partial charge in [0, 0.05) is 11.3 Å². The Hall–Kier alpha value is -4.42. The Labute approximate surface area is 212 Å². The molecule has 3 rings (SSSR count). The van der Waals surface area contributed by atoms with E-state index < -0.39 is 17.6 Å². The second-order valence-corrected chi connectivity index (χ2v) is 7.72. The van der Waals surface area contributed by atoms with Crippen LogP contribution in [0, 0.1) is 17.1 Å². The molecule has 2 N–H and O–H groups in total. The van der Waals surface area contributed by atoms with Crippen molar-refractivity contribution in [2.45, 2.75) is 20.0 Å². The van der Waals surface area contributed by atoms with Crippen molar-refractivity contribution >= 4 is 35.3 Å². The monoisotopic (exact) mass is 508 g/mol. The van der Waals surface area contributed by atoms with E-state index in [1.54, 1.807) is 55.5 Å². The zero-order chi connectivity index (χ0) is 25.9. The number of carbonyl (C=O) groups is 2. The molecule has 184 valence electrons. The number of carbonyl (C=O) groups excluding carboxylic acids is 2. The summed E-state index contributed by atoms with van der Waals surface area (Å²) < 4.78 is 25.3. The Morgan fingerprint density at radius 1 is 1.08 bits per heavy atom. The summed E-state index contributed by atoms with van der Waals surface area (Å²) in [5.74, 6) is -1.57. The minimum Gasteiger partial charge on any atom is -0.490 e. The molecule has 8 nitrogen and oxygen atoms in total. The summed E-state index contributed by atoms with van der Waals surface area (Å²) in [5.41, 5.74) is 4.15. The van der Waals surface area contributed by atoms with E-state index in [2.05, 4.69) is 15.8 Å². The first kappa shape index (κ1) is 26.2. The predicted octanol–water partition coefficient (Wildman–Crippen LogP) is 4.61. The fraction of sp³-hybridized carbons (Fsp3) is 0.154. The lowest BCUT2D eigenvalue weighted by molar-refractivity contribution is -0.136. The molecule has 0 aliphatic rings. The van der Waals surface area contributed by atoms with Crippen LogP contribution in [0.1, 0.15) is 23.6 Å². The molecule has 0 aliphatic heterocycles. The third-order valence-corrected chi connectivity index (χ3v) is 5.14. The molecule has 0 saturated carbocycles. The summed E-state index contributed by atoms with van der Waals surface area (Å²) in [6, 6.07) is 17.9. The van der Waals surface area contributed by atoms with Crippen molar-refractivity contribution in [3.8, 4) is 17.6 Å². The van der Waals surface area contributed by atoms with Crippen LogP contribution in [0.15, 0.2) is 65.8 Å². The van der Waals surface area contributed by atoms with Crippen LogP contribution in [0.4, 0.5) is 10.1 Å². The molecule has 0 spiro atoms. The molecule has 0 aliphatic carbocycles. The summed E-state index contributed by atoms with van der Waals surface area (Å²) in [4.78, 5) is 24.1. The lowest BCUT2D eigenvalue weighted by Gasteiger charge is -2.13. The molecular formula is C26H22ClFN4O4. The third-order valence-electron chi connectivity index (χ3n) is 4.78. The van der Waals surface area contributed by atoms with Gasteiger partial charge in [0.15, 0.2) is 11.5 Å². The third kappa shape index (κ3) is 7.29. The zero-order valence-electron chi connectivity index (χ0n) is 19.3. The number of hydrogen-bond acceptors (Lipinski definition) is 6. The van der Waals surface area contributed by atoms with Gasteiger partial charge in [0.2, 0.25) is 0 Å². The molecular weight excluding hydrogens is 487 g/mol. The fourth-order valence-corrected chi connectivity index (χ4v) is 3.23. The number of nitriles is 1. The first-order valence-corrected chi connectivity index (χ1v) is 11.2. The van der Waals surface area contributed by atoms with Crippen molar-refractivity contribution in [2.24, 2.45) is 5.10 Å². The number of nitrogens with zero attached hydrogens (tertiary/aromatic N) is 2. The van der Waals surface area contributed by atoms with E-state index in [9.17, 15) is 14.0 Å². The summed E-state index contributed by atoms with van der Waals surface area (Å²) >= 11 is 6.05. The maximum atomic E-state index is 14.0. The van der Waals surface area contributed by atoms with E-state index in [1.807, 2.05) is 6.07 Å². The van der Waals surface area contributed by atoms with Gasteiger partial charge in [-0.2, -0.15) is 10.4 Å². The molecule has 3 aromatic carbocycles. The quantitative estimate of drug-likeness (QED) is 0.249. The van der Waals surface area contributed by atoms with Crippen molar-refractivity contribution in [3.63, 3.8) is 0 Å². The van der Waals surface area contributed by atoms with Gasteiger partial charge in [0.05, 0.1) is 30.3 Å². The van der Waals surface area contributed by atoms with Crippen LogP contribution in [-0.4, -0.2) is 24.6 Å². The zero-order valence-corrected chi connectivity index (χ0v) is 20.0. The van der Waals surface area contributed by atoms with Gasteiger partial charge in [-0.15, -0.1) is 0 Å². The summed E-state index contributed by atoms with van der Waals surface area (Å²) in [6.45, 7) is 2.06. The van der Waals surface area contributed by atoms with Gasteiger partial charge in [-0.25, -0.2) is 9.82 Å². The second-order valence-electron chi connectivity index (χ2n) is 7.31. The molecule has 0 aromatic heterocycles. The van der Waals surface area contributed by atoms with Crippen LogP contribution < -0.4 is 20.2 Å². The number of benzene rings is 3. The normalized spacial score (nSPS) is 10.5. The molecule has 0 saturated heterocycles. The Balaban J connectivity index is 1.59. The summed E-state index contributed by atoms with van der Waals surface area (Å²) in [6.07, 6.45) is 1.59. The van der Waals surface area contributed by atoms with Crippen LogP contribution in [0.5, 0.6) is 11.5 Å². The van der Waals surface area contributed by atoms with E-state index in [0.29, 0.717) is 29.4 Å². The lowest BCUT2D eigenvalue weighted by Crippen LogP contribution is -2.32. The molecule has 36 heavy (non-hydrogen) atoms. The van der Waals surface area contributed by atoms with Crippen molar-refractivity contribution in [3.05, 3.63) is 88.2 Å². The highest BCUT2D eigenvalue weighted by Gasteiger charge is 2.14. The number of hydrazone groups is 1. The van der Waals surface area contributed by atoms with Crippen LogP contribution in [-0.2, 0) is 22.6 Å². The molecule has 0 radical (unpaired) electrons. The smallest absolute Gasteiger partial charge is 0.329 e. The molecule has 0 unspecified atom stereocenters. The largest absolute Gasteiger partial charge is 0.490 e. The van der Waals surface area contributed by atoms with Gasteiger partial charge >= 0.3 is 11.8 Å². The molecule has 0 atom stereocenters. The number of amides is 2.